The maximum absolute atomic E-state index is 11.8. The van der Waals surface area contributed by atoms with Crippen molar-refractivity contribution in [1.29, 1.82) is 0 Å². The molecule has 20 heavy (non-hydrogen) atoms. The monoisotopic (exact) mass is 310 g/mol. The maximum atomic E-state index is 11.8. The first-order valence-electron chi connectivity index (χ1n) is 5.40. The number of amides is 1. The van der Waals surface area contributed by atoms with Gasteiger partial charge in [-0.1, -0.05) is 35.2 Å². The summed E-state index contributed by atoms with van der Waals surface area (Å²) in [6.07, 6.45) is 0. The molecule has 0 saturated carbocycles. The Labute approximate surface area is 122 Å². The minimum Gasteiger partial charge on any atom is -0.478 e. The zero-order chi connectivity index (χ0) is 14.5. The highest BCUT2D eigenvalue weighted by atomic mass is 32.2. The number of nitrogens with zero attached hydrogens (tertiary/aromatic N) is 2. The number of nitrogens with two attached hydrogens (primary N) is 1. The number of hydrogen-bond acceptors (Lipinski definition) is 7. The van der Waals surface area contributed by atoms with Gasteiger partial charge in [0, 0.05) is 0 Å². The number of benzene rings is 1. The Balaban J connectivity index is 1.96. The maximum Gasteiger partial charge on any atom is 0.337 e. The SMILES string of the molecule is Nc1nnc(SCC(=O)Nc2ccccc2C(=O)O)s1. The number of carboxylic acids is 1. The molecule has 0 aliphatic heterocycles. The molecule has 2 aromatic rings. The Bertz CT molecular complexity index is 644. The normalized spacial score (nSPS) is 10.2. The fourth-order valence-electron chi connectivity index (χ4n) is 1.37. The Kier molecular flexibility index (Phi) is 4.53. The molecule has 104 valence electrons. The van der Waals surface area contributed by atoms with Crippen LogP contribution >= 0.6 is 23.1 Å². The summed E-state index contributed by atoms with van der Waals surface area (Å²) in [7, 11) is 0. The van der Waals surface area contributed by atoms with Crippen LogP contribution in [0.5, 0.6) is 0 Å². The Morgan fingerprint density at radius 3 is 2.75 bits per heavy atom. The van der Waals surface area contributed by atoms with Crippen molar-refractivity contribution in [3.8, 4) is 0 Å². The summed E-state index contributed by atoms with van der Waals surface area (Å²) >= 11 is 2.38. The molecular formula is C11H10N4O3S2. The second-order valence-corrected chi connectivity index (χ2v) is 5.83. The first-order chi connectivity index (χ1) is 9.56. The van der Waals surface area contributed by atoms with Crippen molar-refractivity contribution >= 4 is 45.8 Å². The van der Waals surface area contributed by atoms with Gasteiger partial charge in [0.25, 0.3) is 0 Å². The van der Waals surface area contributed by atoms with Gasteiger partial charge in [-0.3, -0.25) is 4.79 Å². The third-order valence-electron chi connectivity index (χ3n) is 2.18. The molecule has 4 N–H and O–H groups in total. The van der Waals surface area contributed by atoms with Crippen molar-refractivity contribution in [3.63, 3.8) is 0 Å². The van der Waals surface area contributed by atoms with E-state index in [-0.39, 0.29) is 22.9 Å². The summed E-state index contributed by atoms with van der Waals surface area (Å²) in [5.41, 5.74) is 5.74. The van der Waals surface area contributed by atoms with E-state index in [9.17, 15) is 9.59 Å². The van der Waals surface area contributed by atoms with E-state index >= 15 is 0 Å². The van der Waals surface area contributed by atoms with E-state index in [1.165, 1.54) is 35.2 Å². The molecule has 0 atom stereocenters. The molecule has 0 aliphatic rings. The van der Waals surface area contributed by atoms with Crippen molar-refractivity contribution in [2.75, 3.05) is 16.8 Å². The largest absolute Gasteiger partial charge is 0.478 e. The van der Waals surface area contributed by atoms with Gasteiger partial charge < -0.3 is 16.2 Å². The average molecular weight is 310 g/mol. The number of anilines is 2. The molecule has 0 fully saturated rings. The first kappa shape index (κ1) is 14.3. The molecule has 0 saturated heterocycles. The van der Waals surface area contributed by atoms with Crippen LogP contribution < -0.4 is 11.1 Å². The average Bonchev–Trinajstić information content (AvgIpc) is 2.83. The smallest absolute Gasteiger partial charge is 0.337 e. The predicted octanol–water partition coefficient (Wildman–Crippen LogP) is 1.55. The highest BCUT2D eigenvalue weighted by molar-refractivity contribution is 8.01. The molecule has 0 spiro atoms. The van der Waals surface area contributed by atoms with Crippen LogP contribution in [0.15, 0.2) is 28.6 Å². The molecule has 9 heteroatoms. The summed E-state index contributed by atoms with van der Waals surface area (Å²) in [4.78, 5) is 22.8. The Hall–Kier alpha value is -2.13. The van der Waals surface area contributed by atoms with E-state index in [1.54, 1.807) is 12.1 Å². The van der Waals surface area contributed by atoms with Crippen molar-refractivity contribution < 1.29 is 14.7 Å². The summed E-state index contributed by atoms with van der Waals surface area (Å²) < 4.78 is 0.587. The lowest BCUT2D eigenvalue weighted by Crippen LogP contribution is -2.16. The lowest BCUT2D eigenvalue weighted by Gasteiger charge is -2.07. The van der Waals surface area contributed by atoms with E-state index < -0.39 is 5.97 Å². The van der Waals surface area contributed by atoms with Gasteiger partial charge in [0.1, 0.15) is 0 Å². The van der Waals surface area contributed by atoms with Gasteiger partial charge >= 0.3 is 5.97 Å². The minimum absolute atomic E-state index is 0.0472. The molecule has 1 aromatic carbocycles. The van der Waals surface area contributed by atoms with Crippen LogP contribution in [0.1, 0.15) is 10.4 Å². The van der Waals surface area contributed by atoms with Gasteiger partial charge in [-0.15, -0.1) is 10.2 Å². The molecule has 1 aromatic heterocycles. The summed E-state index contributed by atoms with van der Waals surface area (Å²) in [5, 5.41) is 19.3. The Morgan fingerprint density at radius 1 is 1.35 bits per heavy atom. The van der Waals surface area contributed by atoms with Crippen molar-refractivity contribution in [1.82, 2.24) is 10.2 Å². The van der Waals surface area contributed by atoms with Gasteiger partial charge in [-0.2, -0.15) is 0 Å². The Morgan fingerprint density at radius 2 is 2.10 bits per heavy atom. The topological polar surface area (TPSA) is 118 Å². The molecule has 0 unspecified atom stereocenters. The number of aromatic carboxylic acids is 1. The zero-order valence-electron chi connectivity index (χ0n) is 10.1. The first-order valence-corrected chi connectivity index (χ1v) is 7.20. The number of rotatable bonds is 5. The van der Waals surface area contributed by atoms with Gasteiger partial charge in [-0.05, 0) is 12.1 Å². The van der Waals surface area contributed by atoms with Crippen LogP contribution in [-0.2, 0) is 4.79 Å². The van der Waals surface area contributed by atoms with Crippen LogP contribution in [0.4, 0.5) is 10.8 Å². The quantitative estimate of drug-likeness (QED) is 0.717. The molecule has 1 heterocycles. The minimum atomic E-state index is -1.09. The molecule has 7 nitrogen and oxygen atoms in total. The van der Waals surface area contributed by atoms with E-state index in [4.69, 9.17) is 10.8 Å². The lowest BCUT2D eigenvalue weighted by molar-refractivity contribution is -0.113. The summed E-state index contributed by atoms with van der Waals surface area (Å²) in [6, 6.07) is 6.21. The number of carboxylic acid groups (broad SMARTS) is 1. The number of nitrogen functional groups attached to an aromatic ring is 1. The molecule has 1 amide bonds. The third-order valence-corrected chi connectivity index (χ3v) is 4.07. The predicted molar refractivity (Wildman–Crippen MR) is 77.1 cm³/mol. The number of thioether (sulfide) groups is 1. The van der Waals surface area contributed by atoms with E-state index in [1.807, 2.05) is 0 Å². The van der Waals surface area contributed by atoms with E-state index in [0.29, 0.717) is 9.47 Å². The van der Waals surface area contributed by atoms with Crippen molar-refractivity contribution in [3.05, 3.63) is 29.8 Å². The molecule has 0 aliphatic carbocycles. The molecular weight excluding hydrogens is 300 g/mol. The number of hydrogen-bond donors (Lipinski definition) is 3. The van der Waals surface area contributed by atoms with E-state index in [2.05, 4.69) is 15.5 Å². The third kappa shape index (κ3) is 3.68. The molecule has 0 bridgehead atoms. The number of aromatic nitrogens is 2. The number of para-hydroxylation sites is 1. The number of carbonyl (C=O) groups excluding carboxylic acids is 1. The van der Waals surface area contributed by atoms with Crippen molar-refractivity contribution in [2.24, 2.45) is 0 Å². The fourth-order valence-corrected chi connectivity index (χ4v) is 2.81. The van der Waals surface area contributed by atoms with Gasteiger partial charge in [-0.25, -0.2) is 4.79 Å². The lowest BCUT2D eigenvalue weighted by atomic mass is 10.2. The summed E-state index contributed by atoms with van der Waals surface area (Å²) in [5.74, 6) is -1.31. The van der Waals surface area contributed by atoms with Gasteiger partial charge in [0.2, 0.25) is 11.0 Å². The highest BCUT2D eigenvalue weighted by Crippen LogP contribution is 2.23. The van der Waals surface area contributed by atoms with E-state index in [0.717, 1.165) is 0 Å². The number of carbonyl (C=O) groups is 2. The van der Waals surface area contributed by atoms with Crippen LogP contribution in [-0.4, -0.2) is 32.9 Å². The standard InChI is InChI=1S/C11H10N4O3S2/c12-10-14-15-11(20-10)19-5-8(16)13-7-4-2-1-3-6(7)9(17)18/h1-4H,5H2,(H2,12,14)(H,13,16)(H,17,18). The second-order valence-electron chi connectivity index (χ2n) is 3.59. The zero-order valence-corrected chi connectivity index (χ0v) is 11.7. The van der Waals surface area contributed by atoms with Crippen LogP contribution in [0, 0.1) is 0 Å². The number of nitrogens with one attached hydrogen (secondary N) is 1. The molecule has 2 rings (SSSR count). The second kappa shape index (κ2) is 6.35. The molecule has 0 radical (unpaired) electrons. The van der Waals surface area contributed by atoms with Crippen LogP contribution in [0.2, 0.25) is 0 Å². The van der Waals surface area contributed by atoms with Crippen LogP contribution in [0.3, 0.4) is 0 Å². The van der Waals surface area contributed by atoms with Crippen LogP contribution in [0.25, 0.3) is 0 Å². The van der Waals surface area contributed by atoms with Gasteiger partial charge in [0.05, 0.1) is 17.0 Å². The summed E-state index contributed by atoms with van der Waals surface area (Å²) in [6.45, 7) is 0. The van der Waals surface area contributed by atoms with Crippen molar-refractivity contribution in [2.45, 2.75) is 4.34 Å². The fraction of sp³-hybridized carbons (Fsp3) is 0.0909. The highest BCUT2D eigenvalue weighted by Gasteiger charge is 2.12. The van der Waals surface area contributed by atoms with Gasteiger partial charge in [0.15, 0.2) is 4.34 Å².